The maximum Gasteiger partial charge on any atom is 0.315 e. The quantitative estimate of drug-likeness (QED) is 0.104. The third-order valence-electron chi connectivity index (χ3n) is 16.6. The monoisotopic (exact) mass is 1040 g/mol. The Morgan fingerprint density at radius 3 is 1.03 bits per heavy atom. The first-order valence-electron chi connectivity index (χ1n) is 26.7. The SMILES string of the molecule is CC(C)(C)NC(=O)N[C@H](C(=O)N1CC2C([C@H]1C(=O)N[C@@H](CC1CCC1)C(=O)C(N)=O)C2(C)C)C(C)(C)C.CC(C)(C)NC(=O)N[C@H](C(=O)N1CC2C([C@H]1C(=O)N[C@H](CC1CCC1)C(=O)C(N)=O)C2(C)C)C(C)(C)C. The second-order valence-corrected chi connectivity index (χ2v) is 27.7. The van der Waals surface area contributed by atoms with Crippen LogP contribution in [0.4, 0.5) is 9.59 Å². The standard InChI is InChI=1S/2C27H45N5O5/c2*1-25(2,3)20(30-24(37)31-26(4,5)6)23(36)32-13-15-17(27(15,7)8)18(32)22(35)29-16(19(33)21(28)34)12-14-10-9-11-14/h2*14-18,20H,9-13H2,1-8H3,(H2,28,34)(H,29,35)(H2,30,31,37)/t15?,16-,17?,18+,20-;15?,16-,17?,18-,20+/m10/s1. The number of likely N-dealkylation sites (tertiary alicyclic amines) is 2. The van der Waals surface area contributed by atoms with Gasteiger partial charge in [0.25, 0.3) is 11.8 Å². The third kappa shape index (κ3) is 13.8. The Labute approximate surface area is 438 Å². The lowest BCUT2D eigenvalue weighted by Gasteiger charge is -2.38. The Hall–Kier alpha value is -5.30. The highest BCUT2D eigenvalue weighted by molar-refractivity contribution is 6.38. The first kappa shape index (κ1) is 59.6. The molecule has 10 N–H and O–H groups in total. The van der Waals surface area contributed by atoms with E-state index in [1.54, 1.807) is 9.80 Å². The van der Waals surface area contributed by atoms with Gasteiger partial charge in [0.1, 0.15) is 24.2 Å². The van der Waals surface area contributed by atoms with Crippen LogP contribution < -0.4 is 43.4 Å². The van der Waals surface area contributed by atoms with E-state index in [9.17, 15) is 47.9 Å². The highest BCUT2D eigenvalue weighted by atomic mass is 16.2. The molecule has 0 bridgehead atoms. The normalized spacial score (nSPS) is 26.3. The Morgan fingerprint density at radius 1 is 0.500 bits per heavy atom. The summed E-state index contributed by atoms with van der Waals surface area (Å²) >= 11 is 0. The lowest BCUT2D eigenvalue weighted by Crippen LogP contribution is -2.62. The van der Waals surface area contributed by atoms with Crippen molar-refractivity contribution in [1.29, 1.82) is 0 Å². The zero-order chi connectivity index (χ0) is 56.2. The molecule has 6 aliphatic rings. The Balaban J connectivity index is 0.000000274. The van der Waals surface area contributed by atoms with Gasteiger partial charge in [0.05, 0.1) is 12.1 Å². The molecule has 6 fully saturated rings. The summed E-state index contributed by atoms with van der Waals surface area (Å²) in [5, 5.41) is 16.9. The van der Waals surface area contributed by atoms with Gasteiger partial charge >= 0.3 is 12.1 Å². The highest BCUT2D eigenvalue weighted by Crippen LogP contribution is 2.66. The molecule has 2 heterocycles. The molecule has 4 unspecified atom stereocenters. The number of carbonyl (C=O) groups excluding carboxylic acids is 10. The molecule has 4 saturated carbocycles. The fourth-order valence-corrected chi connectivity index (χ4v) is 11.7. The fraction of sp³-hybridized carbons (Fsp3) is 0.815. The van der Waals surface area contributed by atoms with Crippen molar-refractivity contribution in [2.75, 3.05) is 13.1 Å². The Morgan fingerprint density at radius 2 is 0.797 bits per heavy atom. The summed E-state index contributed by atoms with van der Waals surface area (Å²) in [7, 11) is 0. The lowest BCUT2D eigenvalue weighted by atomic mass is 9.80. The van der Waals surface area contributed by atoms with E-state index in [0.29, 0.717) is 25.9 Å². The average Bonchev–Trinajstić information content (AvgIpc) is 3.66. The third-order valence-corrected chi connectivity index (χ3v) is 16.6. The average molecular weight is 1040 g/mol. The van der Waals surface area contributed by atoms with Gasteiger partial charge in [-0.2, -0.15) is 0 Å². The van der Waals surface area contributed by atoms with E-state index in [1.807, 2.05) is 83.1 Å². The molecule has 10 atom stereocenters. The number of urea groups is 2. The van der Waals surface area contributed by atoms with Crippen LogP contribution in [0.15, 0.2) is 0 Å². The maximum atomic E-state index is 13.9. The summed E-state index contributed by atoms with van der Waals surface area (Å²) in [6.45, 7) is 31.4. The van der Waals surface area contributed by atoms with E-state index < -0.39 is 105 Å². The van der Waals surface area contributed by atoms with Gasteiger partial charge in [-0.05, 0) is 112 Å². The van der Waals surface area contributed by atoms with Crippen molar-refractivity contribution in [3.8, 4) is 0 Å². The van der Waals surface area contributed by atoms with Gasteiger partial charge in [-0.15, -0.1) is 0 Å². The number of nitrogens with zero attached hydrogens (tertiary/aromatic N) is 2. The van der Waals surface area contributed by atoms with Crippen LogP contribution in [-0.2, 0) is 38.4 Å². The number of carbonyl (C=O) groups is 10. The number of hydrogen-bond acceptors (Lipinski definition) is 10. The Bertz CT molecular complexity index is 2070. The van der Waals surface area contributed by atoms with Crippen LogP contribution >= 0.6 is 0 Å². The summed E-state index contributed by atoms with van der Waals surface area (Å²) in [5.41, 5.74) is 8.08. The number of Topliss-reactive ketones (excluding diaryl/α,β-unsaturated/α-hetero) is 2. The van der Waals surface area contributed by atoms with Crippen molar-refractivity contribution in [3.63, 3.8) is 0 Å². The molecule has 20 nitrogen and oxygen atoms in total. The zero-order valence-corrected chi connectivity index (χ0v) is 47.1. The number of nitrogens with two attached hydrogens (primary N) is 2. The molecule has 0 aromatic heterocycles. The van der Waals surface area contributed by atoms with Gasteiger partial charge in [-0.25, -0.2) is 9.59 Å². The molecule has 0 aromatic carbocycles. The molecule has 10 amide bonds. The van der Waals surface area contributed by atoms with Gasteiger partial charge in [0, 0.05) is 24.2 Å². The summed E-state index contributed by atoms with van der Waals surface area (Å²) in [6, 6.07) is -6.25. The minimum atomic E-state index is -1.07. The summed E-state index contributed by atoms with van der Waals surface area (Å²) in [6.07, 6.45) is 6.63. The molecule has 0 aromatic rings. The molecule has 6 rings (SSSR count). The number of hydrogen-bond donors (Lipinski definition) is 8. The van der Waals surface area contributed by atoms with E-state index in [2.05, 4.69) is 59.6 Å². The molecule has 0 radical (unpaired) electrons. The molecule has 74 heavy (non-hydrogen) atoms. The number of piperidine rings is 2. The molecule has 416 valence electrons. The predicted octanol–water partition coefficient (Wildman–Crippen LogP) is 3.42. The number of primary amides is 2. The molecule has 2 aliphatic heterocycles. The van der Waals surface area contributed by atoms with Crippen molar-refractivity contribution in [2.24, 2.45) is 68.6 Å². The van der Waals surface area contributed by atoms with Crippen LogP contribution in [0.2, 0.25) is 0 Å². The Kier molecular flexibility index (Phi) is 17.2. The van der Waals surface area contributed by atoms with E-state index in [1.165, 1.54) is 0 Å². The topological polar surface area (TPSA) is 301 Å². The van der Waals surface area contributed by atoms with Crippen LogP contribution in [0.25, 0.3) is 0 Å². The fourth-order valence-electron chi connectivity index (χ4n) is 11.7. The van der Waals surface area contributed by atoms with Gasteiger partial charge in [0.15, 0.2) is 0 Å². The zero-order valence-electron chi connectivity index (χ0n) is 47.1. The van der Waals surface area contributed by atoms with E-state index in [-0.39, 0.29) is 58.2 Å². The first-order chi connectivity index (χ1) is 33.7. The van der Waals surface area contributed by atoms with Gasteiger partial charge in [-0.1, -0.05) is 108 Å². The van der Waals surface area contributed by atoms with Crippen molar-refractivity contribution < 1.29 is 47.9 Å². The van der Waals surface area contributed by atoms with Crippen LogP contribution in [0.1, 0.15) is 162 Å². The first-order valence-corrected chi connectivity index (χ1v) is 26.7. The number of nitrogens with one attached hydrogen (secondary N) is 6. The van der Waals surface area contributed by atoms with E-state index >= 15 is 0 Å². The molecular weight excluding hydrogens is 949 g/mol. The maximum absolute atomic E-state index is 13.9. The van der Waals surface area contributed by atoms with Crippen LogP contribution in [-0.4, -0.2) is 129 Å². The largest absolute Gasteiger partial charge is 0.363 e. The minimum Gasteiger partial charge on any atom is -0.363 e. The molecular formula is C54H90N10O10. The summed E-state index contributed by atoms with van der Waals surface area (Å²) in [5.74, 6) is -4.70. The smallest absolute Gasteiger partial charge is 0.315 e. The highest BCUT2D eigenvalue weighted by Gasteiger charge is 2.71. The lowest BCUT2D eigenvalue weighted by molar-refractivity contribution is -0.145. The van der Waals surface area contributed by atoms with Crippen LogP contribution in [0.5, 0.6) is 0 Å². The van der Waals surface area contributed by atoms with E-state index in [0.717, 1.165) is 38.5 Å². The van der Waals surface area contributed by atoms with Crippen LogP contribution in [0.3, 0.4) is 0 Å². The van der Waals surface area contributed by atoms with Gasteiger partial charge in [0.2, 0.25) is 35.2 Å². The second kappa shape index (κ2) is 21.4. The number of fused-ring (bicyclic) bond motifs is 2. The van der Waals surface area contributed by atoms with Gasteiger partial charge < -0.3 is 53.2 Å². The summed E-state index contributed by atoms with van der Waals surface area (Å²) < 4.78 is 0. The van der Waals surface area contributed by atoms with Crippen molar-refractivity contribution in [1.82, 2.24) is 41.7 Å². The van der Waals surface area contributed by atoms with E-state index in [4.69, 9.17) is 11.5 Å². The molecule has 20 heteroatoms. The number of ketones is 2. The number of rotatable bonds is 16. The van der Waals surface area contributed by atoms with Gasteiger partial charge in [-0.3, -0.25) is 38.4 Å². The van der Waals surface area contributed by atoms with Crippen LogP contribution in [0, 0.1) is 57.2 Å². The number of amides is 10. The van der Waals surface area contributed by atoms with Crippen molar-refractivity contribution in [2.45, 2.75) is 209 Å². The molecule has 2 saturated heterocycles. The predicted molar refractivity (Wildman–Crippen MR) is 278 cm³/mol. The second-order valence-electron chi connectivity index (χ2n) is 27.7. The molecule has 4 aliphatic carbocycles. The minimum absolute atomic E-state index is 0.0755. The van der Waals surface area contributed by atoms with Crippen molar-refractivity contribution >= 4 is 59.1 Å². The van der Waals surface area contributed by atoms with Crippen molar-refractivity contribution in [3.05, 3.63) is 0 Å². The summed E-state index contributed by atoms with van der Waals surface area (Å²) in [4.78, 5) is 132. The molecule has 0 spiro atoms.